The first-order chi connectivity index (χ1) is 14.9. The van der Waals surface area contributed by atoms with Gasteiger partial charge in [-0.05, 0) is 54.8 Å². The Bertz CT molecular complexity index is 1210. The van der Waals surface area contributed by atoms with E-state index in [0.29, 0.717) is 34.2 Å². The minimum atomic E-state index is -0.0899. The Hall–Kier alpha value is -2.77. The van der Waals surface area contributed by atoms with Gasteiger partial charge in [0.25, 0.3) is 0 Å². The number of hydrogen-bond donors (Lipinski definition) is 1. The third kappa shape index (κ3) is 4.78. The molecule has 2 aromatic heterocycles. The summed E-state index contributed by atoms with van der Waals surface area (Å²) in [6.45, 7) is 6.94. The number of benzene rings is 2. The zero-order valence-electron chi connectivity index (χ0n) is 17.6. The van der Waals surface area contributed by atoms with Crippen LogP contribution in [0.3, 0.4) is 0 Å². The first kappa shape index (κ1) is 21.5. The van der Waals surface area contributed by atoms with Crippen LogP contribution in [0, 0.1) is 0 Å². The number of nitrogens with one attached hydrogen (secondary N) is 1. The number of halogens is 1. The number of amides is 1. The highest BCUT2D eigenvalue weighted by molar-refractivity contribution is 7.99. The Balaban J connectivity index is 1.45. The number of rotatable bonds is 7. The first-order valence-corrected chi connectivity index (χ1v) is 11.5. The summed E-state index contributed by atoms with van der Waals surface area (Å²) in [6, 6.07) is 15.3. The Morgan fingerprint density at radius 3 is 2.65 bits per heavy atom. The van der Waals surface area contributed by atoms with E-state index in [0.717, 1.165) is 16.7 Å². The molecule has 1 N–H and O–H groups in total. The molecule has 0 saturated carbocycles. The molecule has 0 saturated heterocycles. The smallest absolute Gasteiger partial charge is 0.234 e. The normalized spacial score (nSPS) is 11.4. The first-order valence-electron chi connectivity index (χ1n) is 10.1. The van der Waals surface area contributed by atoms with E-state index >= 15 is 0 Å². The van der Waals surface area contributed by atoms with Crippen molar-refractivity contribution in [3.63, 3.8) is 0 Å². The van der Waals surface area contributed by atoms with Gasteiger partial charge in [-0.15, -0.1) is 10.2 Å². The molecule has 2 aromatic carbocycles. The Labute approximate surface area is 190 Å². The van der Waals surface area contributed by atoms with E-state index in [-0.39, 0.29) is 11.7 Å². The van der Waals surface area contributed by atoms with Crippen LogP contribution in [0.15, 0.2) is 58.1 Å². The second-order valence-corrected chi connectivity index (χ2v) is 8.84. The Morgan fingerprint density at radius 1 is 1.16 bits per heavy atom. The number of carbonyl (C=O) groups is 1. The largest absolute Gasteiger partial charge is 0.453 e. The van der Waals surface area contributed by atoms with Crippen molar-refractivity contribution < 1.29 is 9.21 Å². The van der Waals surface area contributed by atoms with Crippen LogP contribution in [-0.4, -0.2) is 26.4 Å². The van der Waals surface area contributed by atoms with Gasteiger partial charge in [-0.3, -0.25) is 9.36 Å². The molecule has 0 unspecified atom stereocenters. The lowest BCUT2D eigenvalue weighted by molar-refractivity contribution is -0.113. The predicted molar refractivity (Wildman–Crippen MR) is 126 cm³/mol. The maximum Gasteiger partial charge on any atom is 0.234 e. The van der Waals surface area contributed by atoms with Crippen molar-refractivity contribution in [1.29, 1.82) is 0 Å². The summed E-state index contributed by atoms with van der Waals surface area (Å²) in [5, 5.41) is 13.7. The summed E-state index contributed by atoms with van der Waals surface area (Å²) < 4.78 is 7.86. The van der Waals surface area contributed by atoms with Crippen LogP contribution in [0.5, 0.6) is 0 Å². The van der Waals surface area contributed by atoms with E-state index in [2.05, 4.69) is 29.4 Å². The average molecular weight is 455 g/mol. The van der Waals surface area contributed by atoms with Crippen LogP contribution in [-0.2, 0) is 11.3 Å². The molecular weight excluding hydrogens is 432 g/mol. The van der Waals surface area contributed by atoms with E-state index in [9.17, 15) is 4.79 Å². The van der Waals surface area contributed by atoms with Crippen molar-refractivity contribution in [3.8, 4) is 11.6 Å². The molecule has 1 amide bonds. The van der Waals surface area contributed by atoms with Gasteiger partial charge in [0, 0.05) is 22.6 Å². The van der Waals surface area contributed by atoms with Crippen molar-refractivity contribution in [1.82, 2.24) is 14.8 Å². The lowest BCUT2D eigenvalue weighted by Crippen LogP contribution is -2.14. The van der Waals surface area contributed by atoms with Gasteiger partial charge in [-0.25, -0.2) is 0 Å². The van der Waals surface area contributed by atoms with Crippen LogP contribution in [0.1, 0.15) is 32.3 Å². The fraction of sp³-hybridized carbons (Fsp3) is 0.261. The third-order valence-electron chi connectivity index (χ3n) is 4.93. The molecule has 0 aliphatic carbocycles. The molecule has 0 aliphatic rings. The lowest BCUT2D eigenvalue weighted by atomic mass is 10.0. The number of nitrogens with zero attached hydrogens (tertiary/aromatic N) is 3. The van der Waals surface area contributed by atoms with Crippen LogP contribution in [0.2, 0.25) is 5.02 Å². The van der Waals surface area contributed by atoms with Gasteiger partial charge in [0.15, 0.2) is 10.9 Å². The van der Waals surface area contributed by atoms with Gasteiger partial charge >= 0.3 is 0 Å². The molecule has 0 bridgehead atoms. The quantitative estimate of drug-likeness (QED) is 0.335. The topological polar surface area (TPSA) is 73.0 Å². The molecule has 4 rings (SSSR count). The van der Waals surface area contributed by atoms with Crippen LogP contribution in [0.4, 0.5) is 5.69 Å². The van der Waals surface area contributed by atoms with Gasteiger partial charge in [0.05, 0.1) is 5.75 Å². The van der Waals surface area contributed by atoms with E-state index in [4.69, 9.17) is 16.0 Å². The van der Waals surface area contributed by atoms with Crippen molar-refractivity contribution in [2.75, 3.05) is 11.1 Å². The maximum absolute atomic E-state index is 12.4. The molecule has 31 heavy (non-hydrogen) atoms. The van der Waals surface area contributed by atoms with Crippen LogP contribution >= 0.6 is 23.4 Å². The maximum atomic E-state index is 12.4. The highest BCUT2D eigenvalue weighted by atomic mass is 35.5. The lowest BCUT2D eigenvalue weighted by Gasteiger charge is -2.09. The Morgan fingerprint density at radius 2 is 1.94 bits per heavy atom. The fourth-order valence-corrected chi connectivity index (χ4v) is 4.25. The molecule has 8 heteroatoms. The summed E-state index contributed by atoms with van der Waals surface area (Å²) in [4.78, 5) is 12.4. The number of aromatic nitrogens is 3. The SMILES string of the molecule is CCn1c(SCC(=O)Nc2ccc(C(C)C)cc2)nnc1-c1cc2cc(Cl)ccc2o1. The summed E-state index contributed by atoms with van der Waals surface area (Å²) in [7, 11) is 0. The summed E-state index contributed by atoms with van der Waals surface area (Å²) in [6.07, 6.45) is 0. The van der Waals surface area contributed by atoms with E-state index < -0.39 is 0 Å². The molecule has 4 aromatic rings. The summed E-state index contributed by atoms with van der Waals surface area (Å²) >= 11 is 7.42. The monoisotopic (exact) mass is 454 g/mol. The van der Waals surface area contributed by atoms with Crippen molar-refractivity contribution in [3.05, 3.63) is 59.1 Å². The highest BCUT2D eigenvalue weighted by Crippen LogP contribution is 2.30. The summed E-state index contributed by atoms with van der Waals surface area (Å²) in [5.41, 5.74) is 2.76. The minimum absolute atomic E-state index is 0.0899. The average Bonchev–Trinajstić information content (AvgIpc) is 3.35. The molecule has 0 aliphatic heterocycles. The number of anilines is 1. The van der Waals surface area contributed by atoms with Crippen LogP contribution < -0.4 is 5.32 Å². The van der Waals surface area contributed by atoms with Crippen LogP contribution in [0.25, 0.3) is 22.6 Å². The van der Waals surface area contributed by atoms with Crippen molar-refractivity contribution in [2.45, 2.75) is 38.4 Å². The standard InChI is InChI=1S/C23H23ClN4O2S/c1-4-28-22(20-12-16-11-17(24)7-10-19(16)30-20)26-27-23(28)31-13-21(29)25-18-8-5-15(6-9-18)14(2)3/h5-12,14H,4,13H2,1-3H3,(H,25,29). The van der Waals surface area contributed by atoms with E-state index in [1.165, 1.54) is 17.3 Å². The second-order valence-electron chi connectivity index (χ2n) is 7.46. The van der Waals surface area contributed by atoms with Gasteiger partial charge in [-0.2, -0.15) is 0 Å². The van der Waals surface area contributed by atoms with Gasteiger partial charge in [-0.1, -0.05) is 49.3 Å². The van der Waals surface area contributed by atoms with Crippen molar-refractivity contribution in [2.24, 2.45) is 0 Å². The molecular formula is C23H23ClN4O2S. The molecule has 6 nitrogen and oxygen atoms in total. The molecule has 160 valence electrons. The third-order valence-corrected chi connectivity index (χ3v) is 6.13. The van der Waals surface area contributed by atoms with E-state index in [1.54, 1.807) is 6.07 Å². The van der Waals surface area contributed by atoms with Gasteiger partial charge < -0.3 is 9.73 Å². The van der Waals surface area contributed by atoms with E-state index in [1.807, 2.05) is 54.0 Å². The molecule has 0 atom stereocenters. The number of hydrogen-bond acceptors (Lipinski definition) is 5. The number of carbonyl (C=O) groups excluding carboxylic acids is 1. The zero-order chi connectivity index (χ0) is 22.0. The van der Waals surface area contributed by atoms with Crippen molar-refractivity contribution >= 4 is 45.9 Å². The number of furan rings is 1. The second kappa shape index (κ2) is 9.16. The minimum Gasteiger partial charge on any atom is -0.453 e. The molecule has 0 fully saturated rings. The molecule has 0 spiro atoms. The molecule has 2 heterocycles. The number of fused-ring (bicyclic) bond motifs is 1. The van der Waals surface area contributed by atoms with Gasteiger partial charge in [0.1, 0.15) is 5.58 Å². The predicted octanol–water partition coefficient (Wildman–Crippen LogP) is 6.22. The number of thioether (sulfide) groups is 1. The zero-order valence-corrected chi connectivity index (χ0v) is 19.1. The molecule has 0 radical (unpaired) electrons. The highest BCUT2D eigenvalue weighted by Gasteiger charge is 2.18. The Kier molecular flexibility index (Phi) is 6.34. The van der Waals surface area contributed by atoms with Gasteiger partial charge in [0.2, 0.25) is 11.7 Å². The summed E-state index contributed by atoms with van der Waals surface area (Å²) in [5.74, 6) is 1.85. The fourth-order valence-electron chi connectivity index (χ4n) is 3.27.